The van der Waals surface area contributed by atoms with Crippen LogP contribution in [0, 0.1) is 13.8 Å². The largest absolute Gasteiger partial charge is 0.481 e. The molecule has 2 aromatic rings. The van der Waals surface area contributed by atoms with Crippen LogP contribution in [0.3, 0.4) is 0 Å². The molecular formula is C21H25N3O5S. The second-order valence-corrected chi connectivity index (χ2v) is 8.04. The number of ether oxygens (including phenoxy) is 2. The number of carbonyl (C=O) groups is 2. The maximum absolute atomic E-state index is 11.7. The van der Waals surface area contributed by atoms with Crippen molar-refractivity contribution in [3.63, 3.8) is 0 Å². The molecule has 0 fully saturated rings. The lowest BCUT2D eigenvalue weighted by atomic mass is 10.1. The number of pyridine rings is 1. The average molecular weight is 432 g/mol. The lowest BCUT2D eigenvalue weighted by Gasteiger charge is -2.12. The molecule has 3 rings (SSSR count). The lowest BCUT2D eigenvalue weighted by Crippen LogP contribution is -2.13. The van der Waals surface area contributed by atoms with E-state index in [1.165, 1.54) is 22.9 Å². The molecule has 9 heteroatoms. The van der Waals surface area contributed by atoms with E-state index < -0.39 is 11.9 Å². The topological polar surface area (TPSA) is 112 Å². The van der Waals surface area contributed by atoms with E-state index in [0.29, 0.717) is 16.8 Å². The minimum atomic E-state index is -0.933. The fourth-order valence-electron chi connectivity index (χ4n) is 3.25. The third-order valence-corrected chi connectivity index (χ3v) is 5.79. The number of esters is 1. The van der Waals surface area contributed by atoms with Gasteiger partial charge < -0.3 is 14.6 Å². The Morgan fingerprint density at radius 1 is 1.20 bits per heavy atom. The van der Waals surface area contributed by atoms with E-state index in [9.17, 15) is 9.59 Å². The van der Waals surface area contributed by atoms with Crippen LogP contribution in [0.4, 0.5) is 0 Å². The lowest BCUT2D eigenvalue weighted by molar-refractivity contribution is -0.150. The van der Waals surface area contributed by atoms with E-state index in [2.05, 4.69) is 21.9 Å². The Bertz CT molecular complexity index is 915. The van der Waals surface area contributed by atoms with Crippen molar-refractivity contribution in [2.24, 2.45) is 0 Å². The molecule has 0 unspecified atom stereocenters. The minimum Gasteiger partial charge on any atom is -0.481 e. The summed E-state index contributed by atoms with van der Waals surface area (Å²) in [4.78, 5) is 35.8. The smallest absolute Gasteiger partial charge is 0.308 e. The molecule has 1 aliphatic rings. The van der Waals surface area contributed by atoms with Gasteiger partial charge in [0.15, 0.2) is 5.16 Å². The zero-order valence-electron chi connectivity index (χ0n) is 17.1. The highest BCUT2D eigenvalue weighted by Gasteiger charge is 2.21. The average Bonchev–Trinajstić information content (AvgIpc) is 3.16. The molecule has 2 heterocycles. The number of thioether (sulfide) groups is 1. The highest BCUT2D eigenvalue weighted by Crippen LogP contribution is 2.32. The normalized spacial score (nSPS) is 12.5. The SMILES string of the molecule is Cc1ccnc(C)c1CSc1nc2c(c(OCOC(=O)CCCC(=O)O)n1)CCC2. The summed E-state index contributed by atoms with van der Waals surface area (Å²) < 4.78 is 10.7. The maximum Gasteiger partial charge on any atom is 0.308 e. The summed E-state index contributed by atoms with van der Waals surface area (Å²) in [6, 6.07) is 1.99. The van der Waals surface area contributed by atoms with E-state index in [4.69, 9.17) is 14.6 Å². The molecule has 8 nitrogen and oxygen atoms in total. The van der Waals surface area contributed by atoms with Crippen molar-refractivity contribution in [3.8, 4) is 5.88 Å². The van der Waals surface area contributed by atoms with Crippen LogP contribution >= 0.6 is 11.8 Å². The van der Waals surface area contributed by atoms with E-state index in [-0.39, 0.29) is 26.1 Å². The number of aliphatic carboxylic acids is 1. The van der Waals surface area contributed by atoms with Crippen molar-refractivity contribution in [2.75, 3.05) is 6.79 Å². The molecule has 160 valence electrons. The number of nitrogens with zero attached hydrogens (tertiary/aromatic N) is 3. The highest BCUT2D eigenvalue weighted by atomic mass is 32.2. The van der Waals surface area contributed by atoms with Gasteiger partial charge in [0.2, 0.25) is 12.7 Å². The van der Waals surface area contributed by atoms with Crippen LogP contribution in [0.5, 0.6) is 5.88 Å². The number of aryl methyl sites for hydroxylation is 3. The van der Waals surface area contributed by atoms with Crippen LogP contribution in [0.2, 0.25) is 0 Å². The zero-order chi connectivity index (χ0) is 21.5. The summed E-state index contributed by atoms with van der Waals surface area (Å²) in [6.45, 7) is 3.81. The second kappa shape index (κ2) is 10.4. The predicted octanol–water partition coefficient (Wildman–Crippen LogP) is 3.40. The standard InChI is InChI=1S/C21H25N3O5S/c1-13-9-10-22-14(2)16(13)11-30-21-23-17-6-3-5-15(17)20(24-21)29-12-28-19(27)8-4-7-18(25)26/h9-10H,3-8,11-12H2,1-2H3,(H,25,26). The molecule has 0 spiro atoms. The molecular weight excluding hydrogens is 406 g/mol. The van der Waals surface area contributed by atoms with Gasteiger partial charge in [0.1, 0.15) is 0 Å². The van der Waals surface area contributed by atoms with Crippen LogP contribution in [0.25, 0.3) is 0 Å². The first-order valence-electron chi connectivity index (χ1n) is 9.88. The van der Waals surface area contributed by atoms with Crippen LogP contribution in [-0.4, -0.2) is 38.8 Å². The summed E-state index contributed by atoms with van der Waals surface area (Å²) in [7, 11) is 0. The number of hydrogen-bond acceptors (Lipinski definition) is 8. The van der Waals surface area contributed by atoms with E-state index >= 15 is 0 Å². The van der Waals surface area contributed by atoms with Crippen molar-refractivity contribution >= 4 is 23.7 Å². The first-order valence-corrected chi connectivity index (χ1v) is 10.9. The molecule has 0 aromatic carbocycles. The first-order chi connectivity index (χ1) is 14.4. The van der Waals surface area contributed by atoms with Crippen molar-refractivity contribution in [1.29, 1.82) is 0 Å². The summed E-state index contributed by atoms with van der Waals surface area (Å²) in [6.07, 6.45) is 4.73. The third kappa shape index (κ3) is 5.91. The monoisotopic (exact) mass is 431 g/mol. The molecule has 1 aliphatic carbocycles. The van der Waals surface area contributed by atoms with Gasteiger partial charge in [0, 0.05) is 36.0 Å². The number of hydrogen-bond donors (Lipinski definition) is 1. The molecule has 0 bridgehead atoms. The first kappa shape index (κ1) is 22.0. The van der Waals surface area contributed by atoms with Crippen LogP contribution in [0.1, 0.15) is 53.8 Å². The molecule has 1 N–H and O–H groups in total. The van der Waals surface area contributed by atoms with Crippen molar-refractivity contribution in [2.45, 2.75) is 63.3 Å². The van der Waals surface area contributed by atoms with E-state index in [0.717, 1.165) is 36.2 Å². The predicted molar refractivity (Wildman–Crippen MR) is 110 cm³/mol. The number of carboxylic acid groups (broad SMARTS) is 1. The van der Waals surface area contributed by atoms with Gasteiger partial charge in [0.05, 0.1) is 5.69 Å². The minimum absolute atomic E-state index is 0.0441. The molecule has 0 saturated carbocycles. The molecule has 30 heavy (non-hydrogen) atoms. The Labute approximate surface area is 179 Å². The summed E-state index contributed by atoms with van der Waals surface area (Å²) >= 11 is 1.53. The summed E-state index contributed by atoms with van der Waals surface area (Å²) in [5.74, 6) is -0.253. The zero-order valence-corrected chi connectivity index (χ0v) is 18.0. The van der Waals surface area contributed by atoms with Gasteiger partial charge in [-0.15, -0.1) is 0 Å². The van der Waals surface area contributed by atoms with Gasteiger partial charge in [0.25, 0.3) is 0 Å². The molecule has 2 aromatic heterocycles. The molecule has 0 amide bonds. The molecule has 0 radical (unpaired) electrons. The number of rotatable bonds is 10. The third-order valence-electron chi connectivity index (χ3n) is 4.91. The fourth-order valence-corrected chi connectivity index (χ4v) is 4.28. The van der Waals surface area contributed by atoms with Gasteiger partial charge >= 0.3 is 11.9 Å². The van der Waals surface area contributed by atoms with E-state index in [1.807, 2.05) is 13.0 Å². The maximum atomic E-state index is 11.7. The van der Waals surface area contributed by atoms with Crippen molar-refractivity contribution in [3.05, 3.63) is 40.3 Å². The number of carbonyl (C=O) groups excluding carboxylic acids is 1. The Hall–Kier alpha value is -2.68. The van der Waals surface area contributed by atoms with Crippen LogP contribution in [-0.2, 0) is 32.9 Å². The second-order valence-electron chi connectivity index (χ2n) is 7.10. The summed E-state index contributed by atoms with van der Waals surface area (Å²) in [5.41, 5.74) is 5.30. The van der Waals surface area contributed by atoms with Crippen LogP contribution in [0.15, 0.2) is 17.4 Å². The van der Waals surface area contributed by atoms with Crippen LogP contribution < -0.4 is 4.74 Å². The Morgan fingerprint density at radius 2 is 2.03 bits per heavy atom. The van der Waals surface area contributed by atoms with Gasteiger partial charge in [-0.1, -0.05) is 11.8 Å². The molecule has 0 saturated heterocycles. The quantitative estimate of drug-likeness (QED) is 0.262. The number of aromatic nitrogens is 3. The van der Waals surface area contributed by atoms with Crippen molar-refractivity contribution in [1.82, 2.24) is 15.0 Å². The fraction of sp³-hybridized carbons (Fsp3) is 0.476. The Kier molecular flexibility index (Phi) is 7.62. The van der Waals surface area contributed by atoms with Gasteiger partial charge in [-0.3, -0.25) is 14.6 Å². The molecule has 0 atom stereocenters. The molecule has 0 aliphatic heterocycles. The van der Waals surface area contributed by atoms with E-state index in [1.54, 1.807) is 6.20 Å². The van der Waals surface area contributed by atoms with Crippen molar-refractivity contribution < 1.29 is 24.2 Å². The summed E-state index contributed by atoms with van der Waals surface area (Å²) in [5, 5.41) is 9.24. The Balaban J connectivity index is 1.60. The van der Waals surface area contributed by atoms with Gasteiger partial charge in [-0.2, -0.15) is 4.98 Å². The van der Waals surface area contributed by atoms with Gasteiger partial charge in [-0.25, -0.2) is 4.98 Å². The highest BCUT2D eigenvalue weighted by molar-refractivity contribution is 7.98. The number of fused-ring (bicyclic) bond motifs is 1. The Morgan fingerprint density at radius 3 is 2.80 bits per heavy atom. The number of carboxylic acids is 1. The van der Waals surface area contributed by atoms with Gasteiger partial charge in [-0.05, 0) is 56.7 Å².